The Balaban J connectivity index is 2.15. The molecule has 1 aliphatic rings. The molecular weight excluding hydrogens is 164 g/mol. The van der Waals surface area contributed by atoms with Gasteiger partial charge in [-0.2, -0.15) is 5.10 Å². The van der Waals surface area contributed by atoms with Crippen LogP contribution in [0.4, 0.5) is 0 Å². The number of rotatable bonds is 2. The first kappa shape index (κ1) is 8.69. The van der Waals surface area contributed by atoms with Crippen molar-refractivity contribution >= 4 is 0 Å². The summed E-state index contributed by atoms with van der Waals surface area (Å²) in [5.74, 6) is 2.27. The van der Waals surface area contributed by atoms with Gasteiger partial charge in [-0.25, -0.2) is 4.98 Å². The van der Waals surface area contributed by atoms with E-state index in [1.54, 1.807) is 0 Å². The summed E-state index contributed by atoms with van der Waals surface area (Å²) in [7, 11) is 0. The molecule has 1 saturated carbocycles. The van der Waals surface area contributed by atoms with E-state index < -0.39 is 0 Å². The van der Waals surface area contributed by atoms with Crippen molar-refractivity contribution in [1.82, 2.24) is 15.2 Å². The third-order valence-corrected chi connectivity index (χ3v) is 2.78. The van der Waals surface area contributed by atoms with Gasteiger partial charge in [-0.1, -0.05) is 13.3 Å². The van der Waals surface area contributed by atoms with Gasteiger partial charge in [0.05, 0.1) is 0 Å². The van der Waals surface area contributed by atoms with Crippen LogP contribution in [0.15, 0.2) is 0 Å². The molecule has 1 aliphatic carbocycles. The van der Waals surface area contributed by atoms with Crippen LogP contribution in [0.1, 0.15) is 43.8 Å². The van der Waals surface area contributed by atoms with E-state index in [2.05, 4.69) is 22.1 Å². The number of hydrogen-bond donors (Lipinski definition) is 2. The number of nitrogens with zero attached hydrogens (tertiary/aromatic N) is 2. The molecule has 0 saturated heterocycles. The second-order valence-corrected chi connectivity index (χ2v) is 3.70. The lowest BCUT2D eigenvalue weighted by atomic mass is 10.0. The van der Waals surface area contributed by atoms with E-state index in [0.717, 1.165) is 30.9 Å². The van der Waals surface area contributed by atoms with Crippen molar-refractivity contribution < 1.29 is 0 Å². The Labute approximate surface area is 77.9 Å². The molecule has 1 fully saturated rings. The van der Waals surface area contributed by atoms with Crippen molar-refractivity contribution in [2.24, 2.45) is 5.73 Å². The van der Waals surface area contributed by atoms with Gasteiger partial charge in [0.1, 0.15) is 5.82 Å². The summed E-state index contributed by atoms with van der Waals surface area (Å²) in [6, 6.07) is 0.264. The zero-order valence-electron chi connectivity index (χ0n) is 7.95. The molecule has 0 radical (unpaired) electrons. The Morgan fingerprint density at radius 3 is 2.92 bits per heavy atom. The van der Waals surface area contributed by atoms with E-state index in [9.17, 15) is 0 Å². The van der Waals surface area contributed by atoms with E-state index in [-0.39, 0.29) is 6.04 Å². The predicted octanol–water partition coefficient (Wildman–Crippen LogP) is 0.962. The summed E-state index contributed by atoms with van der Waals surface area (Å²) in [6.07, 6.45) is 4.37. The lowest BCUT2D eigenvalue weighted by Gasteiger charge is -2.09. The minimum absolute atomic E-state index is 0.264. The van der Waals surface area contributed by atoms with Gasteiger partial charge in [0, 0.05) is 18.4 Å². The third kappa shape index (κ3) is 1.58. The topological polar surface area (TPSA) is 67.6 Å². The van der Waals surface area contributed by atoms with E-state index in [0.29, 0.717) is 5.92 Å². The molecule has 0 amide bonds. The number of aryl methyl sites for hydroxylation is 1. The number of aromatic amines is 1. The molecule has 0 aromatic carbocycles. The van der Waals surface area contributed by atoms with Crippen molar-refractivity contribution in [2.75, 3.05) is 0 Å². The molecule has 4 nitrogen and oxygen atoms in total. The predicted molar refractivity (Wildman–Crippen MR) is 50.3 cm³/mol. The van der Waals surface area contributed by atoms with Gasteiger partial charge < -0.3 is 5.73 Å². The van der Waals surface area contributed by atoms with Gasteiger partial charge in [0.15, 0.2) is 5.82 Å². The quantitative estimate of drug-likeness (QED) is 0.712. The third-order valence-electron chi connectivity index (χ3n) is 2.78. The Morgan fingerprint density at radius 1 is 1.54 bits per heavy atom. The number of H-pyrrole nitrogens is 1. The lowest BCUT2D eigenvalue weighted by molar-refractivity contribution is 0.583. The second-order valence-electron chi connectivity index (χ2n) is 3.70. The standard InChI is InChI=1S/C9H16N4/c1-2-8-11-9(13-12-8)6-4-3-5-7(6)10/h6-7H,2-5,10H2,1H3,(H,11,12,13). The molecule has 72 valence electrons. The second kappa shape index (κ2) is 3.46. The molecule has 3 N–H and O–H groups in total. The van der Waals surface area contributed by atoms with Crippen molar-refractivity contribution in [3.8, 4) is 0 Å². The lowest BCUT2D eigenvalue weighted by Crippen LogP contribution is -2.23. The fourth-order valence-corrected chi connectivity index (χ4v) is 1.94. The minimum atomic E-state index is 0.264. The maximum absolute atomic E-state index is 5.97. The molecule has 4 heteroatoms. The molecule has 0 aliphatic heterocycles. The number of hydrogen-bond acceptors (Lipinski definition) is 3. The number of nitrogens with one attached hydrogen (secondary N) is 1. The fraction of sp³-hybridized carbons (Fsp3) is 0.778. The molecular formula is C9H16N4. The van der Waals surface area contributed by atoms with Crippen molar-refractivity contribution in [2.45, 2.75) is 44.6 Å². The molecule has 0 spiro atoms. The van der Waals surface area contributed by atoms with E-state index in [4.69, 9.17) is 5.73 Å². The molecule has 1 aromatic heterocycles. The summed E-state index contributed by atoms with van der Waals surface area (Å²) in [5.41, 5.74) is 5.97. The van der Waals surface area contributed by atoms with Crippen LogP contribution in [0.2, 0.25) is 0 Å². The van der Waals surface area contributed by atoms with E-state index >= 15 is 0 Å². The molecule has 2 atom stereocenters. The average Bonchev–Trinajstić information content (AvgIpc) is 2.71. The maximum Gasteiger partial charge on any atom is 0.155 e. The van der Waals surface area contributed by atoms with Crippen molar-refractivity contribution in [1.29, 1.82) is 0 Å². The van der Waals surface area contributed by atoms with Gasteiger partial charge in [0.2, 0.25) is 0 Å². The van der Waals surface area contributed by atoms with Crippen LogP contribution in [0.5, 0.6) is 0 Å². The highest BCUT2D eigenvalue weighted by Gasteiger charge is 2.28. The highest BCUT2D eigenvalue weighted by atomic mass is 15.2. The fourth-order valence-electron chi connectivity index (χ4n) is 1.94. The van der Waals surface area contributed by atoms with Crippen LogP contribution < -0.4 is 5.73 Å². The minimum Gasteiger partial charge on any atom is -0.327 e. The maximum atomic E-state index is 5.97. The largest absolute Gasteiger partial charge is 0.327 e. The summed E-state index contributed by atoms with van der Waals surface area (Å²) in [6.45, 7) is 2.07. The van der Waals surface area contributed by atoms with Crippen molar-refractivity contribution in [3.05, 3.63) is 11.6 Å². The summed E-state index contributed by atoms with van der Waals surface area (Å²) in [4.78, 5) is 4.41. The molecule has 2 rings (SSSR count). The normalized spacial score (nSPS) is 28.2. The van der Waals surface area contributed by atoms with Gasteiger partial charge in [-0.05, 0) is 12.8 Å². The first-order chi connectivity index (χ1) is 6.31. The zero-order valence-corrected chi connectivity index (χ0v) is 7.95. The van der Waals surface area contributed by atoms with Gasteiger partial charge >= 0.3 is 0 Å². The van der Waals surface area contributed by atoms with Crippen LogP contribution in [0.25, 0.3) is 0 Å². The Kier molecular flexibility index (Phi) is 2.31. The van der Waals surface area contributed by atoms with Crippen LogP contribution in [0.3, 0.4) is 0 Å². The van der Waals surface area contributed by atoms with Gasteiger partial charge in [-0.3, -0.25) is 5.10 Å². The Bertz CT molecular complexity index is 281. The molecule has 1 heterocycles. The highest BCUT2D eigenvalue weighted by Crippen LogP contribution is 2.31. The molecule has 0 bridgehead atoms. The summed E-state index contributed by atoms with van der Waals surface area (Å²) >= 11 is 0. The van der Waals surface area contributed by atoms with Crippen LogP contribution >= 0.6 is 0 Å². The van der Waals surface area contributed by atoms with Gasteiger partial charge in [-0.15, -0.1) is 0 Å². The zero-order chi connectivity index (χ0) is 9.26. The first-order valence-corrected chi connectivity index (χ1v) is 4.98. The summed E-state index contributed by atoms with van der Waals surface area (Å²) < 4.78 is 0. The summed E-state index contributed by atoms with van der Waals surface area (Å²) in [5, 5.41) is 7.14. The van der Waals surface area contributed by atoms with Crippen LogP contribution in [0, 0.1) is 0 Å². The molecule has 2 unspecified atom stereocenters. The average molecular weight is 180 g/mol. The SMILES string of the molecule is CCc1nc(C2CCCC2N)n[nH]1. The number of aromatic nitrogens is 3. The first-order valence-electron chi connectivity index (χ1n) is 4.98. The molecule has 13 heavy (non-hydrogen) atoms. The highest BCUT2D eigenvalue weighted by molar-refractivity contribution is 5.04. The van der Waals surface area contributed by atoms with E-state index in [1.807, 2.05) is 0 Å². The van der Waals surface area contributed by atoms with Gasteiger partial charge in [0.25, 0.3) is 0 Å². The Hall–Kier alpha value is -0.900. The van der Waals surface area contributed by atoms with Crippen molar-refractivity contribution in [3.63, 3.8) is 0 Å². The van der Waals surface area contributed by atoms with Crippen LogP contribution in [-0.4, -0.2) is 21.2 Å². The van der Waals surface area contributed by atoms with Crippen LogP contribution in [-0.2, 0) is 6.42 Å². The monoisotopic (exact) mass is 180 g/mol. The molecule has 1 aromatic rings. The Morgan fingerprint density at radius 2 is 2.38 bits per heavy atom. The smallest absolute Gasteiger partial charge is 0.155 e. The number of nitrogens with two attached hydrogens (primary N) is 1. The van der Waals surface area contributed by atoms with E-state index in [1.165, 1.54) is 6.42 Å².